The van der Waals surface area contributed by atoms with Crippen molar-refractivity contribution in [2.75, 3.05) is 0 Å². The number of benzene rings is 5. The molecule has 0 fully saturated rings. The van der Waals surface area contributed by atoms with E-state index in [-0.39, 0.29) is 0 Å². The van der Waals surface area contributed by atoms with E-state index >= 15 is 0 Å². The highest BCUT2D eigenvalue weighted by Gasteiger charge is 2.19. The largest absolute Gasteiger partial charge is 0.455 e. The van der Waals surface area contributed by atoms with Crippen molar-refractivity contribution in [3.63, 3.8) is 0 Å². The standard InChI is InChI=1S/C33H24O/c1-23-19-20-28(25-13-6-3-7-14-25)31(21-23)33-30-18-9-8-17-29(30)32(34-33)27-16-10-15-26(22-27)24-11-4-2-5-12-24/h2-22H,1H3. The number of hydrogen-bond acceptors (Lipinski definition) is 1. The number of furan rings is 1. The fraction of sp³-hybridized carbons (Fsp3) is 0.0303. The Kier molecular flexibility index (Phi) is 5.08. The number of rotatable bonds is 4. The summed E-state index contributed by atoms with van der Waals surface area (Å²) in [6.45, 7) is 2.13. The van der Waals surface area contributed by atoms with Gasteiger partial charge in [0.1, 0.15) is 11.5 Å². The van der Waals surface area contributed by atoms with Gasteiger partial charge in [-0.2, -0.15) is 0 Å². The van der Waals surface area contributed by atoms with Gasteiger partial charge in [-0.1, -0.05) is 121 Å². The van der Waals surface area contributed by atoms with Crippen molar-refractivity contribution >= 4 is 10.8 Å². The summed E-state index contributed by atoms with van der Waals surface area (Å²) in [6.07, 6.45) is 0. The Labute approximate surface area is 200 Å². The Morgan fingerprint density at radius 1 is 0.412 bits per heavy atom. The van der Waals surface area contributed by atoms with E-state index in [4.69, 9.17) is 4.42 Å². The molecule has 1 heterocycles. The minimum absolute atomic E-state index is 0.906. The number of hydrogen-bond donors (Lipinski definition) is 0. The van der Waals surface area contributed by atoms with Crippen LogP contribution < -0.4 is 0 Å². The summed E-state index contributed by atoms with van der Waals surface area (Å²) in [5, 5.41) is 2.26. The lowest BCUT2D eigenvalue weighted by atomic mass is 9.94. The fourth-order valence-electron chi connectivity index (χ4n) is 4.69. The van der Waals surface area contributed by atoms with Crippen molar-refractivity contribution < 1.29 is 4.42 Å². The van der Waals surface area contributed by atoms with E-state index in [1.54, 1.807) is 0 Å². The first-order valence-corrected chi connectivity index (χ1v) is 11.6. The molecule has 0 bridgehead atoms. The molecule has 0 spiro atoms. The van der Waals surface area contributed by atoms with Gasteiger partial charge in [0.2, 0.25) is 0 Å². The summed E-state index contributed by atoms with van der Waals surface area (Å²) < 4.78 is 6.75. The summed E-state index contributed by atoms with van der Waals surface area (Å²) in [6, 6.07) is 44.7. The monoisotopic (exact) mass is 436 g/mol. The third-order valence-corrected chi connectivity index (χ3v) is 6.36. The molecule has 0 saturated heterocycles. The lowest BCUT2D eigenvalue weighted by Gasteiger charge is -2.10. The van der Waals surface area contributed by atoms with E-state index in [1.807, 2.05) is 6.07 Å². The SMILES string of the molecule is Cc1ccc(-c2ccccc2)c(-c2oc(-c3cccc(-c4ccccc4)c3)c3ccccc23)c1. The molecule has 0 radical (unpaired) electrons. The molecule has 0 saturated carbocycles. The zero-order chi connectivity index (χ0) is 22.9. The number of aryl methyl sites for hydroxylation is 1. The predicted octanol–water partition coefficient (Wildman–Crippen LogP) is 9.41. The molecule has 6 rings (SSSR count). The summed E-state index contributed by atoms with van der Waals surface area (Å²) >= 11 is 0. The van der Waals surface area contributed by atoms with Gasteiger partial charge in [-0.3, -0.25) is 0 Å². The fourth-order valence-corrected chi connectivity index (χ4v) is 4.69. The molecule has 5 aromatic carbocycles. The van der Waals surface area contributed by atoms with Crippen LogP contribution in [0.2, 0.25) is 0 Å². The molecule has 1 aromatic heterocycles. The van der Waals surface area contributed by atoms with Gasteiger partial charge in [-0.25, -0.2) is 0 Å². The summed E-state index contributed by atoms with van der Waals surface area (Å²) in [4.78, 5) is 0. The van der Waals surface area contributed by atoms with Crippen molar-refractivity contribution in [3.05, 3.63) is 133 Å². The van der Waals surface area contributed by atoms with E-state index in [0.717, 1.165) is 33.4 Å². The zero-order valence-corrected chi connectivity index (χ0v) is 19.0. The van der Waals surface area contributed by atoms with Gasteiger partial charge in [0.05, 0.1) is 0 Å². The van der Waals surface area contributed by atoms with E-state index in [1.165, 1.54) is 27.8 Å². The molecule has 162 valence electrons. The van der Waals surface area contributed by atoms with Crippen LogP contribution in [-0.4, -0.2) is 0 Å². The van der Waals surface area contributed by atoms with Gasteiger partial charge < -0.3 is 4.42 Å². The van der Waals surface area contributed by atoms with E-state index in [2.05, 4.69) is 128 Å². The quantitative estimate of drug-likeness (QED) is 0.268. The topological polar surface area (TPSA) is 13.1 Å². The lowest BCUT2D eigenvalue weighted by Crippen LogP contribution is -1.86. The van der Waals surface area contributed by atoms with Crippen LogP contribution in [0, 0.1) is 6.92 Å². The van der Waals surface area contributed by atoms with E-state index in [9.17, 15) is 0 Å². The maximum Gasteiger partial charge on any atom is 0.143 e. The molecule has 34 heavy (non-hydrogen) atoms. The van der Waals surface area contributed by atoms with Crippen LogP contribution in [0.25, 0.3) is 55.7 Å². The molecule has 0 atom stereocenters. The predicted molar refractivity (Wildman–Crippen MR) is 143 cm³/mol. The highest BCUT2D eigenvalue weighted by Crippen LogP contribution is 2.43. The van der Waals surface area contributed by atoms with Gasteiger partial charge >= 0.3 is 0 Å². The van der Waals surface area contributed by atoms with Gasteiger partial charge in [-0.15, -0.1) is 0 Å². The van der Waals surface area contributed by atoms with Crippen molar-refractivity contribution in [1.29, 1.82) is 0 Å². The van der Waals surface area contributed by atoms with Crippen LogP contribution in [0.15, 0.2) is 132 Å². The molecule has 0 unspecified atom stereocenters. The van der Waals surface area contributed by atoms with Crippen LogP contribution in [0.3, 0.4) is 0 Å². The average Bonchev–Trinajstić information content (AvgIpc) is 3.29. The maximum absolute atomic E-state index is 6.75. The first-order chi connectivity index (χ1) is 16.8. The van der Waals surface area contributed by atoms with Crippen molar-refractivity contribution in [3.8, 4) is 44.9 Å². The molecular weight excluding hydrogens is 412 g/mol. The third kappa shape index (κ3) is 3.62. The van der Waals surface area contributed by atoms with E-state index in [0.29, 0.717) is 0 Å². The van der Waals surface area contributed by atoms with Crippen LogP contribution in [0.1, 0.15) is 5.56 Å². The highest BCUT2D eigenvalue weighted by atomic mass is 16.3. The van der Waals surface area contributed by atoms with Crippen LogP contribution in [0.5, 0.6) is 0 Å². The molecule has 0 amide bonds. The van der Waals surface area contributed by atoms with Gasteiger partial charge in [0.25, 0.3) is 0 Å². The Morgan fingerprint density at radius 2 is 1.00 bits per heavy atom. The highest BCUT2D eigenvalue weighted by molar-refractivity contribution is 6.05. The number of fused-ring (bicyclic) bond motifs is 1. The molecule has 0 aliphatic rings. The van der Waals surface area contributed by atoms with E-state index < -0.39 is 0 Å². The second kappa shape index (κ2) is 8.53. The molecular formula is C33H24O. The third-order valence-electron chi connectivity index (χ3n) is 6.36. The van der Waals surface area contributed by atoms with Gasteiger partial charge in [0.15, 0.2) is 0 Å². The molecule has 0 N–H and O–H groups in total. The molecule has 0 aliphatic heterocycles. The zero-order valence-electron chi connectivity index (χ0n) is 19.0. The molecule has 1 nitrogen and oxygen atoms in total. The van der Waals surface area contributed by atoms with Gasteiger partial charge in [-0.05, 0) is 41.3 Å². The normalized spacial score (nSPS) is 11.1. The van der Waals surface area contributed by atoms with Crippen molar-refractivity contribution in [2.24, 2.45) is 0 Å². The summed E-state index contributed by atoms with van der Waals surface area (Å²) in [5.74, 6) is 1.82. The Morgan fingerprint density at radius 3 is 1.74 bits per heavy atom. The Hall–Kier alpha value is -4.36. The molecule has 6 aromatic rings. The maximum atomic E-state index is 6.75. The van der Waals surface area contributed by atoms with Crippen molar-refractivity contribution in [2.45, 2.75) is 6.92 Å². The second-order valence-electron chi connectivity index (χ2n) is 8.67. The summed E-state index contributed by atoms with van der Waals surface area (Å²) in [7, 11) is 0. The first kappa shape index (κ1) is 20.3. The van der Waals surface area contributed by atoms with Crippen LogP contribution in [-0.2, 0) is 0 Å². The smallest absolute Gasteiger partial charge is 0.143 e. The minimum Gasteiger partial charge on any atom is -0.455 e. The second-order valence-corrected chi connectivity index (χ2v) is 8.67. The lowest BCUT2D eigenvalue weighted by molar-refractivity contribution is 0.602. The Balaban J connectivity index is 1.57. The first-order valence-electron chi connectivity index (χ1n) is 11.6. The van der Waals surface area contributed by atoms with Crippen LogP contribution in [0.4, 0.5) is 0 Å². The van der Waals surface area contributed by atoms with Gasteiger partial charge in [0, 0.05) is 21.9 Å². The minimum atomic E-state index is 0.906. The Bertz CT molecular complexity index is 1590. The van der Waals surface area contributed by atoms with Crippen LogP contribution >= 0.6 is 0 Å². The molecule has 0 aliphatic carbocycles. The average molecular weight is 437 g/mol. The van der Waals surface area contributed by atoms with Crippen molar-refractivity contribution in [1.82, 2.24) is 0 Å². The summed E-state index contributed by atoms with van der Waals surface area (Å²) in [5.41, 5.74) is 8.15. The molecule has 1 heteroatoms.